The molecule has 23 heavy (non-hydrogen) atoms. The van der Waals surface area contributed by atoms with E-state index < -0.39 is 0 Å². The van der Waals surface area contributed by atoms with Crippen LogP contribution in [0.15, 0.2) is 42.5 Å². The van der Waals surface area contributed by atoms with E-state index in [2.05, 4.69) is 10.2 Å². The Labute approximate surface area is 148 Å². The molecule has 0 bridgehead atoms. The van der Waals surface area contributed by atoms with Gasteiger partial charge >= 0.3 is 0 Å². The highest BCUT2D eigenvalue weighted by Gasteiger charge is 2.09. The van der Waals surface area contributed by atoms with E-state index in [1.807, 2.05) is 35.8 Å². The molecule has 3 aromatic rings. The number of H-pyrrole nitrogens is 1. The van der Waals surface area contributed by atoms with Crippen LogP contribution in [0.4, 0.5) is 0 Å². The predicted molar refractivity (Wildman–Crippen MR) is 94.3 cm³/mol. The minimum atomic E-state index is 0.234. The molecule has 0 radical (unpaired) electrons. The van der Waals surface area contributed by atoms with Crippen LogP contribution in [-0.2, 0) is 6.61 Å². The second kappa shape index (κ2) is 6.74. The first-order valence-corrected chi connectivity index (χ1v) is 8.01. The third kappa shape index (κ3) is 3.75. The monoisotopic (exact) mass is 365 g/mol. The number of rotatable bonds is 4. The van der Waals surface area contributed by atoms with Crippen LogP contribution in [0.25, 0.3) is 5.69 Å². The maximum Gasteiger partial charge on any atom is 0.199 e. The van der Waals surface area contributed by atoms with Crippen molar-refractivity contribution in [3.63, 3.8) is 0 Å². The van der Waals surface area contributed by atoms with Gasteiger partial charge in [-0.1, -0.05) is 40.9 Å². The third-order valence-electron chi connectivity index (χ3n) is 3.24. The van der Waals surface area contributed by atoms with Gasteiger partial charge in [-0.3, -0.25) is 9.67 Å². The molecule has 3 rings (SSSR count). The van der Waals surface area contributed by atoms with Crippen LogP contribution in [0.1, 0.15) is 11.4 Å². The van der Waals surface area contributed by atoms with E-state index in [0.717, 1.165) is 5.69 Å². The number of nitrogens with one attached hydrogen (secondary N) is 1. The van der Waals surface area contributed by atoms with Crippen LogP contribution < -0.4 is 4.74 Å². The van der Waals surface area contributed by atoms with Crippen molar-refractivity contribution < 1.29 is 4.74 Å². The van der Waals surface area contributed by atoms with Gasteiger partial charge in [-0.15, -0.1) is 0 Å². The average molecular weight is 366 g/mol. The Kier molecular flexibility index (Phi) is 4.71. The topological polar surface area (TPSA) is 42.8 Å². The molecule has 4 nitrogen and oxygen atoms in total. The molecule has 0 aliphatic rings. The molecule has 0 unspecified atom stereocenters. The largest absolute Gasteiger partial charge is 0.485 e. The standard InChI is InChI=1S/C16H13Cl2N3OS/c1-10-2-4-13(5-3-10)21-15(19-20-16(21)23)9-22-14-7-11(17)6-12(18)8-14/h2-8H,9H2,1H3,(H,20,23). The molecule has 0 saturated carbocycles. The third-order valence-corrected chi connectivity index (χ3v) is 3.95. The Bertz CT molecular complexity index is 867. The Hall–Kier alpha value is -1.82. The number of halogens is 2. The van der Waals surface area contributed by atoms with Crippen LogP contribution in [0, 0.1) is 11.7 Å². The van der Waals surface area contributed by atoms with E-state index in [4.69, 9.17) is 40.2 Å². The fourth-order valence-electron chi connectivity index (χ4n) is 2.15. The lowest BCUT2D eigenvalue weighted by Crippen LogP contribution is -2.06. The van der Waals surface area contributed by atoms with Gasteiger partial charge in [0.1, 0.15) is 12.4 Å². The zero-order valence-electron chi connectivity index (χ0n) is 12.2. The van der Waals surface area contributed by atoms with Crippen molar-refractivity contribution in [2.75, 3.05) is 0 Å². The van der Waals surface area contributed by atoms with Gasteiger partial charge in [0.25, 0.3) is 0 Å². The number of aromatic amines is 1. The molecule has 0 amide bonds. The van der Waals surface area contributed by atoms with Crippen LogP contribution >= 0.6 is 35.4 Å². The molecule has 2 aromatic carbocycles. The molecule has 0 saturated heterocycles. The zero-order chi connectivity index (χ0) is 16.4. The molecule has 0 atom stereocenters. The first-order valence-electron chi connectivity index (χ1n) is 6.85. The molecule has 1 aromatic heterocycles. The molecule has 0 fully saturated rings. The van der Waals surface area contributed by atoms with E-state index in [1.54, 1.807) is 18.2 Å². The van der Waals surface area contributed by atoms with Crippen molar-refractivity contribution in [1.82, 2.24) is 14.8 Å². The molecule has 1 heterocycles. The average Bonchev–Trinajstić information content (AvgIpc) is 2.86. The highest BCUT2D eigenvalue weighted by atomic mass is 35.5. The predicted octanol–water partition coefficient (Wildman–Crippen LogP) is 5.12. The summed E-state index contributed by atoms with van der Waals surface area (Å²) in [5.74, 6) is 1.24. The lowest BCUT2D eigenvalue weighted by atomic mass is 10.2. The molecule has 7 heteroatoms. The van der Waals surface area contributed by atoms with Crippen LogP contribution in [0.5, 0.6) is 5.75 Å². The SMILES string of the molecule is Cc1ccc(-n2c(COc3cc(Cl)cc(Cl)c3)n[nH]c2=S)cc1. The van der Waals surface area contributed by atoms with Crippen LogP contribution in [-0.4, -0.2) is 14.8 Å². The number of aryl methyl sites for hydroxylation is 1. The van der Waals surface area contributed by atoms with Crippen molar-refractivity contribution in [2.24, 2.45) is 0 Å². The summed E-state index contributed by atoms with van der Waals surface area (Å²) < 4.78 is 8.08. The lowest BCUT2D eigenvalue weighted by molar-refractivity contribution is 0.293. The summed E-state index contributed by atoms with van der Waals surface area (Å²) in [6.07, 6.45) is 0. The molecular formula is C16H13Cl2N3OS. The van der Waals surface area contributed by atoms with Crippen molar-refractivity contribution in [3.8, 4) is 11.4 Å². The summed E-state index contributed by atoms with van der Waals surface area (Å²) in [5, 5.41) is 8.06. The van der Waals surface area contributed by atoms with Gasteiger partial charge in [-0.2, -0.15) is 5.10 Å². The number of nitrogens with zero attached hydrogens (tertiary/aromatic N) is 2. The Morgan fingerprint density at radius 2 is 1.78 bits per heavy atom. The Balaban J connectivity index is 1.87. The highest BCUT2D eigenvalue weighted by molar-refractivity contribution is 7.71. The van der Waals surface area contributed by atoms with Gasteiger partial charge in [0.15, 0.2) is 10.6 Å². The fraction of sp³-hybridized carbons (Fsp3) is 0.125. The van der Waals surface area contributed by atoms with Crippen molar-refractivity contribution in [3.05, 3.63) is 68.7 Å². The number of benzene rings is 2. The molecule has 0 aliphatic heterocycles. The normalized spacial score (nSPS) is 10.7. The molecular weight excluding hydrogens is 353 g/mol. The zero-order valence-corrected chi connectivity index (χ0v) is 14.5. The number of ether oxygens (including phenoxy) is 1. The van der Waals surface area contributed by atoms with Crippen LogP contribution in [0.3, 0.4) is 0 Å². The van der Waals surface area contributed by atoms with Crippen molar-refractivity contribution >= 4 is 35.4 Å². The highest BCUT2D eigenvalue weighted by Crippen LogP contribution is 2.25. The second-order valence-electron chi connectivity index (χ2n) is 5.01. The molecule has 0 aliphatic carbocycles. The van der Waals surface area contributed by atoms with E-state index >= 15 is 0 Å². The summed E-state index contributed by atoms with van der Waals surface area (Å²) in [4.78, 5) is 0. The first-order chi connectivity index (χ1) is 11.0. The van der Waals surface area contributed by atoms with Gasteiger partial charge in [0.2, 0.25) is 0 Å². The second-order valence-corrected chi connectivity index (χ2v) is 6.27. The summed E-state index contributed by atoms with van der Waals surface area (Å²) in [6, 6.07) is 13.1. The number of hydrogen-bond donors (Lipinski definition) is 1. The summed E-state index contributed by atoms with van der Waals surface area (Å²) >= 11 is 17.2. The van der Waals surface area contributed by atoms with Gasteiger partial charge in [-0.25, -0.2) is 0 Å². The van der Waals surface area contributed by atoms with Gasteiger partial charge in [0.05, 0.1) is 0 Å². The fourth-order valence-corrected chi connectivity index (χ4v) is 2.91. The Morgan fingerprint density at radius 1 is 1.13 bits per heavy atom. The first kappa shape index (κ1) is 16.1. The summed E-state index contributed by atoms with van der Waals surface area (Å²) in [5.41, 5.74) is 2.10. The molecule has 0 spiro atoms. The minimum Gasteiger partial charge on any atom is -0.485 e. The van der Waals surface area contributed by atoms with E-state index in [0.29, 0.717) is 26.4 Å². The van der Waals surface area contributed by atoms with Gasteiger partial charge in [0, 0.05) is 15.7 Å². The minimum absolute atomic E-state index is 0.234. The smallest absolute Gasteiger partial charge is 0.199 e. The van der Waals surface area contributed by atoms with Gasteiger partial charge < -0.3 is 4.74 Å². The Morgan fingerprint density at radius 3 is 2.43 bits per heavy atom. The van der Waals surface area contributed by atoms with Crippen molar-refractivity contribution in [2.45, 2.75) is 13.5 Å². The molecule has 118 valence electrons. The maximum atomic E-state index is 5.97. The number of hydrogen-bond acceptors (Lipinski definition) is 3. The summed E-state index contributed by atoms with van der Waals surface area (Å²) in [7, 11) is 0. The quantitative estimate of drug-likeness (QED) is 0.652. The van der Waals surface area contributed by atoms with Crippen LogP contribution in [0.2, 0.25) is 10.0 Å². The van der Waals surface area contributed by atoms with E-state index in [1.165, 1.54) is 5.56 Å². The van der Waals surface area contributed by atoms with E-state index in [-0.39, 0.29) is 6.61 Å². The molecule has 1 N–H and O–H groups in total. The number of aromatic nitrogens is 3. The van der Waals surface area contributed by atoms with Gasteiger partial charge in [-0.05, 0) is 49.5 Å². The maximum absolute atomic E-state index is 5.97. The lowest BCUT2D eigenvalue weighted by Gasteiger charge is -2.09. The van der Waals surface area contributed by atoms with Crippen molar-refractivity contribution in [1.29, 1.82) is 0 Å². The van der Waals surface area contributed by atoms with E-state index in [9.17, 15) is 0 Å². The summed E-state index contributed by atoms with van der Waals surface area (Å²) in [6.45, 7) is 2.27.